The molecule has 1 aliphatic rings. The lowest BCUT2D eigenvalue weighted by Crippen LogP contribution is -2.32. The number of hydrogen-bond donors (Lipinski definition) is 2. The van der Waals surface area contributed by atoms with Crippen molar-refractivity contribution in [1.82, 2.24) is 20.4 Å². The van der Waals surface area contributed by atoms with Crippen LogP contribution in [0.15, 0.2) is 58.9 Å². The van der Waals surface area contributed by atoms with Gasteiger partial charge in [0, 0.05) is 19.2 Å². The fourth-order valence-corrected chi connectivity index (χ4v) is 2.55. The summed E-state index contributed by atoms with van der Waals surface area (Å²) < 4.78 is 1.31. The van der Waals surface area contributed by atoms with Crippen molar-refractivity contribution in [1.29, 1.82) is 0 Å². The molecule has 1 aromatic heterocycles. The van der Waals surface area contributed by atoms with Crippen LogP contribution in [-0.4, -0.2) is 35.3 Å². The maximum Gasteiger partial charge on any atom is 0.271 e. The number of carbonyl (C=O) groups excluding carboxylic acids is 1. The molecule has 0 bridgehead atoms. The molecule has 0 radical (unpaired) electrons. The average Bonchev–Trinajstić information content (AvgIpc) is 2.63. The first kappa shape index (κ1) is 16.1. The van der Waals surface area contributed by atoms with Crippen LogP contribution in [0.3, 0.4) is 0 Å². The predicted molar refractivity (Wildman–Crippen MR) is 91.9 cm³/mol. The predicted octanol–water partition coefficient (Wildman–Crippen LogP) is 0.941. The van der Waals surface area contributed by atoms with Crippen LogP contribution in [0.1, 0.15) is 22.5 Å². The summed E-state index contributed by atoms with van der Waals surface area (Å²) in [6.07, 6.45) is 3.02. The van der Waals surface area contributed by atoms with Crippen LogP contribution in [0, 0.1) is 0 Å². The summed E-state index contributed by atoms with van der Waals surface area (Å²) in [5, 5.41) is 10.3. The monoisotopic (exact) mass is 324 g/mol. The lowest BCUT2D eigenvalue weighted by Gasteiger charge is -2.14. The second-order valence-electron chi connectivity index (χ2n) is 5.70. The third-order valence-electron chi connectivity index (χ3n) is 3.91. The molecule has 0 unspecified atom stereocenters. The lowest BCUT2D eigenvalue weighted by atomic mass is 10.1. The number of nitrogens with one attached hydrogen (secondary N) is 2. The highest BCUT2D eigenvalue weighted by molar-refractivity contribution is 5.92. The minimum atomic E-state index is -0.267. The molecule has 0 spiro atoms. The van der Waals surface area contributed by atoms with E-state index in [1.807, 2.05) is 30.3 Å². The van der Waals surface area contributed by atoms with Crippen LogP contribution in [0.2, 0.25) is 0 Å². The lowest BCUT2D eigenvalue weighted by molar-refractivity contribution is 0.0949. The summed E-state index contributed by atoms with van der Waals surface area (Å²) in [5.74, 6) is -0.267. The van der Waals surface area contributed by atoms with Crippen molar-refractivity contribution in [2.75, 3.05) is 19.6 Å². The van der Waals surface area contributed by atoms with E-state index >= 15 is 0 Å². The molecule has 2 heterocycles. The van der Waals surface area contributed by atoms with Crippen molar-refractivity contribution in [3.05, 3.63) is 75.7 Å². The maximum atomic E-state index is 12.3. The Morgan fingerprint density at radius 3 is 2.79 bits per heavy atom. The van der Waals surface area contributed by atoms with Crippen molar-refractivity contribution >= 4 is 5.91 Å². The van der Waals surface area contributed by atoms with Crippen LogP contribution in [0.25, 0.3) is 0 Å². The minimum Gasteiger partial charge on any atom is -0.347 e. The van der Waals surface area contributed by atoms with Crippen molar-refractivity contribution in [3.8, 4) is 0 Å². The van der Waals surface area contributed by atoms with Gasteiger partial charge in [0.15, 0.2) is 0 Å². The van der Waals surface area contributed by atoms with E-state index in [4.69, 9.17) is 0 Å². The smallest absolute Gasteiger partial charge is 0.271 e. The molecule has 0 fully saturated rings. The van der Waals surface area contributed by atoms with Gasteiger partial charge < -0.3 is 10.6 Å². The summed E-state index contributed by atoms with van der Waals surface area (Å²) in [5.41, 5.74) is 2.20. The Morgan fingerprint density at radius 2 is 2.04 bits per heavy atom. The molecule has 0 atom stereocenters. The third-order valence-corrected chi connectivity index (χ3v) is 3.91. The molecule has 2 N–H and O–H groups in total. The number of rotatable bonds is 5. The number of nitrogens with zero attached hydrogens (tertiary/aromatic N) is 2. The first-order valence-electron chi connectivity index (χ1n) is 8.01. The van der Waals surface area contributed by atoms with Crippen molar-refractivity contribution in [2.45, 2.75) is 13.0 Å². The molecule has 0 saturated carbocycles. The molecule has 0 saturated heterocycles. The third kappa shape index (κ3) is 4.17. The van der Waals surface area contributed by atoms with Crippen LogP contribution in [-0.2, 0) is 6.54 Å². The Labute approximate surface area is 140 Å². The number of amides is 1. The van der Waals surface area contributed by atoms with E-state index in [1.54, 1.807) is 0 Å². The highest BCUT2D eigenvalue weighted by Crippen LogP contribution is 2.03. The summed E-state index contributed by atoms with van der Waals surface area (Å²) in [4.78, 5) is 24.2. The molecular weight excluding hydrogens is 304 g/mol. The molecule has 3 rings (SSSR count). The molecule has 6 nitrogen and oxygen atoms in total. The van der Waals surface area contributed by atoms with Gasteiger partial charge in [-0.15, -0.1) is 0 Å². The van der Waals surface area contributed by atoms with Gasteiger partial charge in [0.2, 0.25) is 0 Å². The molecule has 6 heteroatoms. The molecule has 2 aromatic rings. The van der Waals surface area contributed by atoms with Crippen molar-refractivity contribution in [3.63, 3.8) is 0 Å². The molecule has 124 valence electrons. The minimum absolute atomic E-state index is 0.225. The quantitative estimate of drug-likeness (QED) is 0.803. The molecule has 1 aliphatic heterocycles. The van der Waals surface area contributed by atoms with E-state index in [1.165, 1.54) is 22.4 Å². The zero-order valence-corrected chi connectivity index (χ0v) is 13.4. The molecule has 1 amide bonds. The Hall–Kier alpha value is -2.73. The average molecular weight is 324 g/mol. The van der Waals surface area contributed by atoms with Crippen molar-refractivity contribution in [2.24, 2.45) is 0 Å². The second kappa shape index (κ2) is 7.70. The summed E-state index contributed by atoms with van der Waals surface area (Å²) in [6, 6.07) is 12.4. The summed E-state index contributed by atoms with van der Waals surface area (Å²) in [7, 11) is 0. The highest BCUT2D eigenvalue weighted by atomic mass is 16.2. The topological polar surface area (TPSA) is 76.0 Å². The first-order valence-corrected chi connectivity index (χ1v) is 8.01. The van der Waals surface area contributed by atoms with Gasteiger partial charge in [0.25, 0.3) is 11.5 Å². The van der Waals surface area contributed by atoms with Gasteiger partial charge in [-0.2, -0.15) is 5.10 Å². The molecule has 0 aliphatic carbocycles. The Bertz CT molecular complexity index is 796. The van der Waals surface area contributed by atoms with Crippen LogP contribution in [0.5, 0.6) is 0 Å². The van der Waals surface area contributed by atoms with Crippen LogP contribution < -0.4 is 16.2 Å². The SMILES string of the molecule is O=C(NCC1=CCNCC1)c1ccc(=O)n(Cc2ccccc2)n1. The van der Waals surface area contributed by atoms with E-state index < -0.39 is 0 Å². The van der Waals surface area contributed by atoms with E-state index in [0.29, 0.717) is 13.1 Å². The Morgan fingerprint density at radius 1 is 1.21 bits per heavy atom. The van der Waals surface area contributed by atoms with Crippen LogP contribution in [0.4, 0.5) is 0 Å². The van der Waals surface area contributed by atoms with Gasteiger partial charge in [-0.05, 0) is 24.6 Å². The summed E-state index contributed by atoms with van der Waals surface area (Å²) >= 11 is 0. The van der Waals surface area contributed by atoms with E-state index in [9.17, 15) is 9.59 Å². The molecule has 1 aromatic carbocycles. The summed E-state index contributed by atoms with van der Waals surface area (Å²) in [6.45, 7) is 2.63. The van der Waals surface area contributed by atoms with E-state index in [2.05, 4.69) is 21.8 Å². The van der Waals surface area contributed by atoms with Gasteiger partial charge in [0.05, 0.1) is 6.54 Å². The Balaban J connectivity index is 1.69. The Kier molecular flexibility index (Phi) is 5.18. The van der Waals surface area contributed by atoms with Gasteiger partial charge in [-0.3, -0.25) is 9.59 Å². The zero-order valence-electron chi connectivity index (χ0n) is 13.4. The first-order chi connectivity index (χ1) is 11.7. The largest absolute Gasteiger partial charge is 0.347 e. The van der Waals surface area contributed by atoms with Gasteiger partial charge in [0.1, 0.15) is 5.69 Å². The van der Waals surface area contributed by atoms with E-state index in [0.717, 1.165) is 25.1 Å². The maximum absolute atomic E-state index is 12.3. The normalized spacial score (nSPS) is 14.1. The zero-order chi connectivity index (χ0) is 16.8. The number of carbonyl (C=O) groups is 1. The fourth-order valence-electron chi connectivity index (χ4n) is 2.55. The van der Waals surface area contributed by atoms with Gasteiger partial charge in [-0.25, -0.2) is 4.68 Å². The highest BCUT2D eigenvalue weighted by Gasteiger charge is 2.11. The van der Waals surface area contributed by atoms with Crippen molar-refractivity contribution < 1.29 is 4.79 Å². The number of benzene rings is 1. The van der Waals surface area contributed by atoms with Gasteiger partial charge >= 0.3 is 0 Å². The number of hydrogen-bond acceptors (Lipinski definition) is 4. The molecule has 24 heavy (non-hydrogen) atoms. The molecular formula is C18H20N4O2. The van der Waals surface area contributed by atoms with Crippen LogP contribution >= 0.6 is 0 Å². The van der Waals surface area contributed by atoms with Gasteiger partial charge in [-0.1, -0.05) is 42.0 Å². The standard InChI is InChI=1S/C18H20N4O2/c23-17-7-6-16(18(24)20-12-14-8-10-19-11-9-14)21-22(17)13-15-4-2-1-3-5-15/h1-8,19H,9-13H2,(H,20,24). The van der Waals surface area contributed by atoms with E-state index in [-0.39, 0.29) is 17.2 Å². The number of aromatic nitrogens is 2. The second-order valence-corrected chi connectivity index (χ2v) is 5.70. The fraction of sp³-hybridized carbons (Fsp3) is 0.278.